The van der Waals surface area contributed by atoms with E-state index in [-0.39, 0.29) is 23.6 Å². The first-order valence-corrected chi connectivity index (χ1v) is 12.0. The molecule has 7 nitrogen and oxygen atoms in total. The van der Waals surface area contributed by atoms with Crippen molar-refractivity contribution >= 4 is 6.03 Å². The van der Waals surface area contributed by atoms with Gasteiger partial charge in [-0.2, -0.15) is 5.10 Å². The van der Waals surface area contributed by atoms with Gasteiger partial charge in [-0.15, -0.1) is 0 Å². The zero-order chi connectivity index (χ0) is 24.9. The van der Waals surface area contributed by atoms with Crippen molar-refractivity contribution in [1.29, 1.82) is 0 Å². The number of nitrogens with one attached hydrogen (secondary N) is 1. The minimum atomic E-state index is -0.307. The van der Waals surface area contributed by atoms with Crippen LogP contribution in [-0.2, 0) is 6.42 Å². The number of hydrogen-bond acceptors (Lipinski definition) is 4. The van der Waals surface area contributed by atoms with Crippen LogP contribution in [0.25, 0.3) is 17.2 Å². The first-order valence-electron chi connectivity index (χ1n) is 12.0. The molecule has 1 atom stereocenters. The summed E-state index contributed by atoms with van der Waals surface area (Å²) in [6.45, 7) is 1.67. The molecule has 2 aromatic heterocycles. The molecule has 1 unspecified atom stereocenters. The highest BCUT2D eigenvalue weighted by Gasteiger charge is 2.28. The lowest BCUT2D eigenvalue weighted by Gasteiger charge is -2.32. The topological polar surface area (TPSA) is 75.9 Å². The van der Waals surface area contributed by atoms with Crippen LogP contribution in [0.15, 0.2) is 73.1 Å². The zero-order valence-corrected chi connectivity index (χ0v) is 19.6. The zero-order valence-electron chi connectivity index (χ0n) is 19.6. The first kappa shape index (κ1) is 23.6. The average molecular weight is 489 g/mol. The van der Waals surface area contributed by atoms with E-state index < -0.39 is 0 Å². The molecule has 36 heavy (non-hydrogen) atoms. The van der Waals surface area contributed by atoms with Crippen LogP contribution in [0.2, 0.25) is 0 Å². The number of urea groups is 1. The van der Waals surface area contributed by atoms with E-state index in [4.69, 9.17) is 5.10 Å². The van der Waals surface area contributed by atoms with Crippen LogP contribution in [0, 0.1) is 11.6 Å². The summed E-state index contributed by atoms with van der Waals surface area (Å²) in [5.41, 5.74) is 3.36. The van der Waals surface area contributed by atoms with Crippen LogP contribution in [0.5, 0.6) is 0 Å². The van der Waals surface area contributed by atoms with Gasteiger partial charge in [0.2, 0.25) is 0 Å². The maximum atomic E-state index is 13.5. The number of halogens is 2. The Kier molecular flexibility index (Phi) is 6.97. The molecule has 184 valence electrons. The molecule has 5 rings (SSSR count). The number of rotatable bonds is 6. The standard InChI is InChI=1S/C27H26F2N6O/c28-22-8-4-19(5-9-22)12-15-32-27(36)34-16-1-3-21(18-34)25-17-24(20-6-10-23(29)11-7-20)33-35(25)26-30-13-2-14-31-26/h2,4-11,13-14,17,21H,1,3,12,15-16,18H2,(H,32,36). The molecule has 1 saturated heterocycles. The molecule has 0 saturated carbocycles. The van der Waals surface area contributed by atoms with Crippen molar-refractivity contribution in [2.24, 2.45) is 0 Å². The SMILES string of the molecule is O=C(NCCc1ccc(F)cc1)N1CCCC(c2cc(-c3ccc(F)cc3)nn2-c2ncccn2)C1. The minimum Gasteiger partial charge on any atom is -0.338 e. The Morgan fingerprint density at radius 2 is 1.69 bits per heavy atom. The number of piperidine rings is 1. The molecule has 2 aromatic carbocycles. The second kappa shape index (κ2) is 10.6. The fraction of sp³-hybridized carbons (Fsp3) is 0.259. The average Bonchev–Trinajstić information content (AvgIpc) is 3.36. The monoisotopic (exact) mass is 488 g/mol. The van der Waals surface area contributed by atoms with Crippen molar-refractivity contribution in [2.45, 2.75) is 25.2 Å². The highest BCUT2D eigenvalue weighted by atomic mass is 19.1. The van der Waals surface area contributed by atoms with E-state index in [0.717, 1.165) is 29.7 Å². The molecule has 1 N–H and O–H groups in total. The van der Waals surface area contributed by atoms with E-state index in [1.165, 1.54) is 24.3 Å². The van der Waals surface area contributed by atoms with E-state index in [2.05, 4.69) is 15.3 Å². The normalized spacial score (nSPS) is 15.6. The lowest BCUT2D eigenvalue weighted by molar-refractivity contribution is 0.178. The molecular formula is C27H26F2N6O. The Bertz CT molecular complexity index is 1310. The Morgan fingerprint density at radius 3 is 2.42 bits per heavy atom. The second-order valence-corrected chi connectivity index (χ2v) is 8.82. The van der Waals surface area contributed by atoms with Crippen molar-refractivity contribution < 1.29 is 13.6 Å². The third-order valence-corrected chi connectivity index (χ3v) is 6.35. The van der Waals surface area contributed by atoms with Crippen molar-refractivity contribution in [3.8, 4) is 17.2 Å². The number of likely N-dealkylation sites (tertiary alicyclic amines) is 1. The third kappa shape index (κ3) is 5.40. The molecule has 1 aliphatic heterocycles. The molecule has 0 bridgehead atoms. The highest BCUT2D eigenvalue weighted by Crippen LogP contribution is 2.31. The molecule has 3 heterocycles. The van der Waals surface area contributed by atoms with Gasteiger partial charge < -0.3 is 10.2 Å². The number of aromatic nitrogens is 4. The Balaban J connectivity index is 1.32. The van der Waals surface area contributed by atoms with E-state index in [1.54, 1.807) is 47.4 Å². The van der Waals surface area contributed by atoms with Gasteiger partial charge in [0.25, 0.3) is 5.95 Å². The number of amides is 2. The van der Waals surface area contributed by atoms with Gasteiger partial charge in [0, 0.05) is 43.5 Å². The summed E-state index contributed by atoms with van der Waals surface area (Å²) in [6.07, 6.45) is 5.69. The van der Waals surface area contributed by atoms with Crippen molar-refractivity contribution in [3.63, 3.8) is 0 Å². The van der Waals surface area contributed by atoms with Crippen LogP contribution in [0.4, 0.5) is 13.6 Å². The van der Waals surface area contributed by atoms with Crippen LogP contribution in [0.3, 0.4) is 0 Å². The fourth-order valence-electron chi connectivity index (χ4n) is 4.49. The largest absolute Gasteiger partial charge is 0.338 e. The highest BCUT2D eigenvalue weighted by molar-refractivity contribution is 5.74. The smallest absolute Gasteiger partial charge is 0.317 e. The van der Waals surface area contributed by atoms with Gasteiger partial charge in [-0.3, -0.25) is 0 Å². The Hall–Kier alpha value is -4.14. The lowest BCUT2D eigenvalue weighted by atomic mass is 9.94. The summed E-state index contributed by atoms with van der Waals surface area (Å²) in [6, 6.07) is 16.1. The van der Waals surface area contributed by atoms with E-state index in [0.29, 0.717) is 37.7 Å². The van der Waals surface area contributed by atoms with Crippen molar-refractivity contribution in [1.82, 2.24) is 30.0 Å². The summed E-state index contributed by atoms with van der Waals surface area (Å²) >= 11 is 0. The fourth-order valence-corrected chi connectivity index (χ4v) is 4.49. The molecular weight excluding hydrogens is 462 g/mol. The van der Waals surface area contributed by atoms with Crippen LogP contribution >= 0.6 is 0 Å². The maximum Gasteiger partial charge on any atom is 0.317 e. The van der Waals surface area contributed by atoms with E-state index in [9.17, 15) is 13.6 Å². The number of hydrogen-bond donors (Lipinski definition) is 1. The lowest BCUT2D eigenvalue weighted by Crippen LogP contribution is -2.45. The third-order valence-electron chi connectivity index (χ3n) is 6.35. The second-order valence-electron chi connectivity index (χ2n) is 8.82. The molecule has 0 spiro atoms. The number of benzene rings is 2. The van der Waals surface area contributed by atoms with Gasteiger partial charge in [-0.05, 0) is 73.4 Å². The summed E-state index contributed by atoms with van der Waals surface area (Å²) in [5.74, 6) is -0.100. The van der Waals surface area contributed by atoms with Gasteiger partial charge in [-0.1, -0.05) is 12.1 Å². The summed E-state index contributed by atoms with van der Waals surface area (Å²) < 4.78 is 28.3. The molecule has 0 aliphatic carbocycles. The maximum absolute atomic E-state index is 13.5. The van der Waals surface area contributed by atoms with Crippen molar-refractivity contribution in [3.05, 3.63) is 95.9 Å². The van der Waals surface area contributed by atoms with Gasteiger partial charge in [0.15, 0.2) is 0 Å². The van der Waals surface area contributed by atoms with Crippen LogP contribution in [-0.4, -0.2) is 50.3 Å². The predicted octanol–water partition coefficient (Wildman–Crippen LogP) is 4.74. The molecule has 1 fully saturated rings. The van der Waals surface area contributed by atoms with Gasteiger partial charge >= 0.3 is 6.03 Å². The quantitative estimate of drug-likeness (QED) is 0.425. The Labute approximate surface area is 207 Å². The molecule has 2 amide bonds. The predicted molar refractivity (Wildman–Crippen MR) is 132 cm³/mol. The van der Waals surface area contributed by atoms with Crippen LogP contribution in [0.1, 0.15) is 30.0 Å². The van der Waals surface area contributed by atoms with Crippen LogP contribution < -0.4 is 5.32 Å². The minimum absolute atomic E-state index is 0.0344. The first-order chi connectivity index (χ1) is 17.6. The summed E-state index contributed by atoms with van der Waals surface area (Å²) in [5, 5.41) is 7.72. The molecule has 0 radical (unpaired) electrons. The van der Waals surface area contributed by atoms with Gasteiger partial charge in [0.05, 0.1) is 11.4 Å². The number of carbonyl (C=O) groups excluding carboxylic acids is 1. The summed E-state index contributed by atoms with van der Waals surface area (Å²) in [7, 11) is 0. The number of carbonyl (C=O) groups is 1. The molecule has 9 heteroatoms. The van der Waals surface area contributed by atoms with Gasteiger partial charge in [-0.25, -0.2) is 28.2 Å². The molecule has 1 aliphatic rings. The number of nitrogens with zero attached hydrogens (tertiary/aromatic N) is 5. The summed E-state index contributed by atoms with van der Waals surface area (Å²) in [4.78, 5) is 23.5. The van der Waals surface area contributed by atoms with Gasteiger partial charge in [0.1, 0.15) is 11.6 Å². The molecule has 4 aromatic rings. The Morgan fingerprint density at radius 1 is 1.00 bits per heavy atom. The van der Waals surface area contributed by atoms with Crippen molar-refractivity contribution in [2.75, 3.05) is 19.6 Å². The van der Waals surface area contributed by atoms with E-state index >= 15 is 0 Å². The van der Waals surface area contributed by atoms with E-state index in [1.807, 2.05) is 11.0 Å².